The lowest BCUT2D eigenvalue weighted by Gasteiger charge is -2.14. The van der Waals surface area contributed by atoms with Crippen LogP contribution in [0.25, 0.3) is 0 Å². The first-order chi connectivity index (χ1) is 11.7. The van der Waals surface area contributed by atoms with Crippen LogP contribution in [0, 0.1) is 0 Å². The Kier molecular flexibility index (Phi) is 6.82. The maximum atomic E-state index is 10.8. The highest BCUT2D eigenvalue weighted by atomic mass is 35.5. The van der Waals surface area contributed by atoms with Gasteiger partial charge in [-0.3, -0.25) is 4.79 Å². The summed E-state index contributed by atoms with van der Waals surface area (Å²) in [5.41, 5.74) is 2.27. The molecule has 0 amide bonds. The zero-order valence-corrected chi connectivity index (χ0v) is 16.0. The van der Waals surface area contributed by atoms with E-state index < -0.39 is 5.97 Å². The van der Waals surface area contributed by atoms with Crippen molar-refractivity contribution in [1.82, 2.24) is 0 Å². The van der Waals surface area contributed by atoms with E-state index in [0.717, 1.165) is 11.3 Å². The second kappa shape index (κ2) is 8.65. The Bertz CT molecular complexity index is 755. The highest BCUT2D eigenvalue weighted by Crippen LogP contribution is 2.35. The minimum atomic E-state index is -0.954. The summed E-state index contributed by atoms with van der Waals surface area (Å²) in [7, 11) is 0. The highest BCUT2D eigenvalue weighted by molar-refractivity contribution is 6.37. The molecule has 2 aromatic rings. The van der Waals surface area contributed by atoms with E-state index in [9.17, 15) is 4.79 Å². The summed E-state index contributed by atoms with van der Waals surface area (Å²) in [5.74, 6) is -0.638. The fourth-order valence-corrected chi connectivity index (χ4v) is 3.23. The summed E-state index contributed by atoms with van der Waals surface area (Å²) in [6, 6.07) is 8.94. The molecule has 0 spiro atoms. The average Bonchev–Trinajstić information content (AvgIpc) is 2.44. The van der Waals surface area contributed by atoms with E-state index in [0.29, 0.717) is 16.3 Å². The number of carboxylic acids is 1. The number of nitrogens with one attached hydrogen (secondary N) is 1. The fraction of sp³-hybridized carbons (Fsp3) is 0.278. The van der Waals surface area contributed by atoms with Crippen LogP contribution < -0.4 is 10.1 Å². The number of ether oxygens (including phenoxy) is 1. The van der Waals surface area contributed by atoms with Crippen molar-refractivity contribution in [2.75, 3.05) is 5.32 Å². The fourth-order valence-electron chi connectivity index (χ4n) is 2.33. The van der Waals surface area contributed by atoms with Crippen molar-refractivity contribution in [2.24, 2.45) is 0 Å². The zero-order chi connectivity index (χ0) is 18.6. The van der Waals surface area contributed by atoms with Crippen LogP contribution >= 0.6 is 34.8 Å². The Morgan fingerprint density at radius 2 is 1.72 bits per heavy atom. The molecule has 0 radical (unpaired) electrons. The molecule has 4 nitrogen and oxygen atoms in total. The smallest absolute Gasteiger partial charge is 0.307 e. The van der Waals surface area contributed by atoms with E-state index in [1.54, 1.807) is 18.2 Å². The van der Waals surface area contributed by atoms with Gasteiger partial charge in [0.15, 0.2) is 5.75 Å². The number of hydrogen-bond acceptors (Lipinski definition) is 3. The molecular weight excluding hydrogens is 385 g/mol. The van der Waals surface area contributed by atoms with Gasteiger partial charge in [-0.1, -0.05) is 34.8 Å². The molecule has 0 atom stereocenters. The van der Waals surface area contributed by atoms with Gasteiger partial charge in [-0.15, -0.1) is 0 Å². The Labute approximate surface area is 161 Å². The molecule has 0 bridgehead atoms. The van der Waals surface area contributed by atoms with Gasteiger partial charge in [0.25, 0.3) is 0 Å². The number of benzene rings is 2. The van der Waals surface area contributed by atoms with Crippen LogP contribution in [0.15, 0.2) is 30.3 Å². The van der Waals surface area contributed by atoms with Crippen molar-refractivity contribution in [1.29, 1.82) is 0 Å². The predicted octanol–water partition coefficient (Wildman–Crippen LogP) is 5.67. The Balaban J connectivity index is 2.16. The number of hydrogen-bond donors (Lipinski definition) is 2. The van der Waals surface area contributed by atoms with Crippen LogP contribution in [-0.2, 0) is 17.8 Å². The molecule has 25 heavy (non-hydrogen) atoms. The molecular formula is C18H18Cl3NO3. The molecule has 134 valence electrons. The quantitative estimate of drug-likeness (QED) is 0.626. The highest BCUT2D eigenvalue weighted by Gasteiger charge is 2.12. The topological polar surface area (TPSA) is 58.6 Å². The normalized spacial score (nSPS) is 10.8. The first-order valence-electron chi connectivity index (χ1n) is 7.63. The molecule has 2 N–H and O–H groups in total. The number of anilines is 1. The third kappa shape index (κ3) is 5.99. The van der Waals surface area contributed by atoms with Crippen LogP contribution in [0.2, 0.25) is 15.1 Å². The zero-order valence-electron chi connectivity index (χ0n) is 13.8. The first kappa shape index (κ1) is 19.7. The summed E-state index contributed by atoms with van der Waals surface area (Å²) < 4.78 is 5.73. The molecule has 7 heteroatoms. The number of carbonyl (C=O) groups is 1. The van der Waals surface area contributed by atoms with Crippen LogP contribution in [0.5, 0.6) is 5.75 Å². The third-order valence-corrected chi connectivity index (χ3v) is 3.99. The van der Waals surface area contributed by atoms with Gasteiger partial charge in [0.1, 0.15) is 6.61 Å². The van der Waals surface area contributed by atoms with E-state index in [1.165, 1.54) is 0 Å². The monoisotopic (exact) mass is 401 g/mol. The maximum Gasteiger partial charge on any atom is 0.307 e. The van der Waals surface area contributed by atoms with E-state index in [1.807, 2.05) is 26.0 Å². The van der Waals surface area contributed by atoms with E-state index >= 15 is 0 Å². The number of halogens is 3. The summed E-state index contributed by atoms with van der Waals surface area (Å²) in [5, 5.41) is 13.3. The number of aliphatic carboxylic acids is 1. The van der Waals surface area contributed by atoms with Gasteiger partial charge < -0.3 is 15.2 Å². The lowest BCUT2D eigenvalue weighted by molar-refractivity contribution is -0.136. The van der Waals surface area contributed by atoms with Crippen molar-refractivity contribution in [3.8, 4) is 5.75 Å². The van der Waals surface area contributed by atoms with Gasteiger partial charge in [0.2, 0.25) is 0 Å². The molecule has 0 aromatic heterocycles. The SMILES string of the molecule is CC(C)Nc1cc(Cl)cc(COc2c(Cl)cc(CC(=O)O)cc2Cl)c1. The predicted molar refractivity (Wildman–Crippen MR) is 102 cm³/mol. The van der Waals surface area contributed by atoms with Gasteiger partial charge in [-0.25, -0.2) is 0 Å². The second-order valence-corrected chi connectivity index (χ2v) is 7.15. The molecule has 0 unspecified atom stereocenters. The lowest BCUT2D eigenvalue weighted by Crippen LogP contribution is -2.10. The summed E-state index contributed by atoms with van der Waals surface area (Å²) in [4.78, 5) is 10.8. The average molecular weight is 403 g/mol. The van der Waals surface area contributed by atoms with Gasteiger partial charge in [0.05, 0.1) is 16.5 Å². The lowest BCUT2D eigenvalue weighted by atomic mass is 10.1. The van der Waals surface area contributed by atoms with Crippen LogP contribution in [0.3, 0.4) is 0 Å². The largest absolute Gasteiger partial charge is 0.486 e. The minimum absolute atomic E-state index is 0.155. The third-order valence-electron chi connectivity index (χ3n) is 3.21. The Morgan fingerprint density at radius 1 is 1.08 bits per heavy atom. The molecule has 2 rings (SSSR count). The van der Waals surface area contributed by atoms with Gasteiger partial charge in [-0.05, 0) is 55.3 Å². The van der Waals surface area contributed by atoms with Gasteiger partial charge in [-0.2, -0.15) is 0 Å². The summed E-state index contributed by atoms with van der Waals surface area (Å²) >= 11 is 18.5. The van der Waals surface area contributed by atoms with Crippen molar-refractivity contribution in [3.05, 3.63) is 56.5 Å². The van der Waals surface area contributed by atoms with Gasteiger partial charge in [0, 0.05) is 16.8 Å². The summed E-state index contributed by atoms with van der Waals surface area (Å²) in [6.45, 7) is 4.30. The second-order valence-electron chi connectivity index (χ2n) is 5.89. The number of carboxylic acid groups (broad SMARTS) is 1. The summed E-state index contributed by atoms with van der Waals surface area (Å²) in [6.07, 6.45) is -0.155. The van der Waals surface area contributed by atoms with Crippen molar-refractivity contribution in [3.63, 3.8) is 0 Å². The number of rotatable bonds is 7. The van der Waals surface area contributed by atoms with Crippen molar-refractivity contribution >= 4 is 46.5 Å². The molecule has 0 fully saturated rings. The molecule has 0 saturated carbocycles. The van der Waals surface area contributed by atoms with E-state index in [-0.39, 0.29) is 29.1 Å². The van der Waals surface area contributed by atoms with E-state index in [4.69, 9.17) is 44.6 Å². The Morgan fingerprint density at radius 3 is 2.28 bits per heavy atom. The molecule has 0 heterocycles. The minimum Gasteiger partial charge on any atom is -0.486 e. The van der Waals surface area contributed by atoms with Gasteiger partial charge >= 0.3 is 5.97 Å². The maximum absolute atomic E-state index is 10.8. The van der Waals surface area contributed by atoms with Crippen LogP contribution in [0.4, 0.5) is 5.69 Å². The molecule has 0 saturated heterocycles. The van der Waals surface area contributed by atoms with Crippen LogP contribution in [0.1, 0.15) is 25.0 Å². The molecule has 2 aromatic carbocycles. The van der Waals surface area contributed by atoms with Crippen molar-refractivity contribution in [2.45, 2.75) is 32.9 Å². The van der Waals surface area contributed by atoms with E-state index in [2.05, 4.69) is 5.32 Å². The Hall–Kier alpha value is -1.62. The van der Waals surface area contributed by atoms with Crippen LogP contribution in [-0.4, -0.2) is 17.1 Å². The molecule has 0 aliphatic carbocycles. The molecule has 0 aliphatic rings. The first-order valence-corrected chi connectivity index (χ1v) is 8.76. The molecule has 0 aliphatic heterocycles. The standard InChI is InChI=1S/C18H18Cl3NO3/c1-10(2)22-14-4-12(3-13(19)8-14)9-25-18-15(20)5-11(6-16(18)21)7-17(23)24/h3-6,8,10,22H,7,9H2,1-2H3,(H,23,24). The van der Waals surface area contributed by atoms with Crippen molar-refractivity contribution < 1.29 is 14.6 Å².